The smallest absolute Gasteiger partial charge is 0.208 e. The molecule has 11 nitrogen and oxygen atoms in total. The largest absolute Gasteiger partial charge is 0.370 e. The second-order valence-electron chi connectivity index (χ2n) is 11.1. The van der Waals surface area contributed by atoms with Crippen LogP contribution in [0.3, 0.4) is 0 Å². The van der Waals surface area contributed by atoms with E-state index in [-0.39, 0.29) is 5.92 Å². The van der Waals surface area contributed by atoms with Crippen LogP contribution in [0.15, 0.2) is 42.9 Å². The highest BCUT2D eigenvalue weighted by atomic mass is 35.5. The molecule has 0 amide bonds. The number of nitrogens with one attached hydrogen (secondary N) is 2. The Kier molecular flexibility index (Phi) is 8.46. The molecule has 41 heavy (non-hydrogen) atoms. The Labute approximate surface area is 246 Å². The quantitative estimate of drug-likeness (QED) is 0.265. The van der Waals surface area contributed by atoms with Gasteiger partial charge in [-0.3, -0.25) is 4.68 Å². The normalized spacial score (nSPS) is 14.3. The van der Waals surface area contributed by atoms with E-state index in [1.807, 2.05) is 26.5 Å². The van der Waals surface area contributed by atoms with Crippen molar-refractivity contribution in [3.63, 3.8) is 0 Å². The second kappa shape index (κ2) is 11.9. The molecule has 0 aliphatic carbocycles. The maximum absolute atomic E-state index is 11.5. The van der Waals surface area contributed by atoms with Gasteiger partial charge in [0.1, 0.15) is 11.6 Å². The van der Waals surface area contributed by atoms with E-state index >= 15 is 0 Å². The van der Waals surface area contributed by atoms with Gasteiger partial charge in [0.05, 0.1) is 18.4 Å². The number of fused-ring (bicyclic) bond motifs is 1. The number of halogens is 1. The molecule has 0 atom stereocenters. The summed E-state index contributed by atoms with van der Waals surface area (Å²) >= 11 is 6.43. The Bertz CT molecular complexity index is 1650. The first-order valence-electron chi connectivity index (χ1n) is 13.6. The minimum atomic E-state index is -3.19. The van der Waals surface area contributed by atoms with Crippen LogP contribution in [0.5, 0.6) is 0 Å². The lowest BCUT2D eigenvalue weighted by Gasteiger charge is -2.41. The van der Waals surface area contributed by atoms with Crippen LogP contribution in [0.1, 0.15) is 25.3 Å². The average molecular weight is 598 g/mol. The summed E-state index contributed by atoms with van der Waals surface area (Å²) in [6.45, 7) is 7.93. The minimum Gasteiger partial charge on any atom is -0.370 e. The Balaban J connectivity index is 1.37. The van der Waals surface area contributed by atoms with Crippen LogP contribution in [-0.2, 0) is 16.6 Å². The van der Waals surface area contributed by atoms with Crippen molar-refractivity contribution in [3.05, 3.63) is 53.6 Å². The van der Waals surface area contributed by atoms with Gasteiger partial charge in [0.25, 0.3) is 0 Å². The van der Waals surface area contributed by atoms with E-state index in [9.17, 15) is 8.42 Å². The fraction of sp³-hybridized carbons (Fsp3) is 0.429. The van der Waals surface area contributed by atoms with Crippen LogP contribution in [0, 0.1) is 5.92 Å². The number of benzene rings is 1. The maximum atomic E-state index is 11.5. The number of hydrogen-bond donors (Lipinski definition) is 2. The van der Waals surface area contributed by atoms with Crippen LogP contribution in [0.25, 0.3) is 22.2 Å². The lowest BCUT2D eigenvalue weighted by Crippen LogP contribution is -2.51. The molecule has 5 rings (SSSR count). The molecule has 1 aliphatic rings. The van der Waals surface area contributed by atoms with Crippen molar-refractivity contribution in [1.82, 2.24) is 34.4 Å². The van der Waals surface area contributed by atoms with Gasteiger partial charge in [-0.25, -0.2) is 28.1 Å². The predicted octanol–water partition coefficient (Wildman–Crippen LogP) is 3.96. The molecule has 0 unspecified atom stereocenters. The predicted molar refractivity (Wildman–Crippen MR) is 164 cm³/mol. The summed E-state index contributed by atoms with van der Waals surface area (Å²) in [5, 5.41) is 10.3. The van der Waals surface area contributed by atoms with Crippen molar-refractivity contribution in [2.24, 2.45) is 5.92 Å². The van der Waals surface area contributed by atoms with Crippen LogP contribution in [0.4, 0.5) is 17.3 Å². The van der Waals surface area contributed by atoms with Crippen molar-refractivity contribution in [2.75, 3.05) is 56.7 Å². The van der Waals surface area contributed by atoms with E-state index in [0.717, 1.165) is 36.1 Å². The molecule has 0 spiro atoms. The molecule has 4 heterocycles. The van der Waals surface area contributed by atoms with Crippen LogP contribution in [-0.4, -0.2) is 84.6 Å². The zero-order valence-electron chi connectivity index (χ0n) is 24.0. The van der Waals surface area contributed by atoms with Gasteiger partial charge < -0.3 is 15.1 Å². The van der Waals surface area contributed by atoms with Gasteiger partial charge in [0.2, 0.25) is 10.0 Å². The number of aromatic nitrogens is 5. The van der Waals surface area contributed by atoms with Gasteiger partial charge in [-0.2, -0.15) is 5.10 Å². The highest BCUT2D eigenvalue weighted by Crippen LogP contribution is 2.37. The molecule has 1 saturated heterocycles. The number of likely N-dealkylation sites (N-methyl/N-ethyl adjacent to an activating group) is 1. The molecule has 1 aliphatic heterocycles. The molecule has 13 heteroatoms. The molecule has 1 fully saturated rings. The third kappa shape index (κ3) is 6.95. The second-order valence-corrected chi connectivity index (χ2v) is 13.3. The fourth-order valence-electron chi connectivity index (χ4n) is 4.91. The summed E-state index contributed by atoms with van der Waals surface area (Å²) in [6, 6.07) is 8.17. The monoisotopic (exact) mass is 597 g/mol. The molecule has 4 aromatic rings. The number of nitrogens with zero attached hydrogens (tertiary/aromatic N) is 7. The van der Waals surface area contributed by atoms with Gasteiger partial charge in [0, 0.05) is 61.8 Å². The molecule has 0 bridgehead atoms. The third-order valence-corrected chi connectivity index (χ3v) is 8.08. The van der Waals surface area contributed by atoms with Gasteiger partial charge >= 0.3 is 0 Å². The fourth-order valence-corrected chi connectivity index (χ4v) is 5.68. The first-order valence-corrected chi connectivity index (χ1v) is 15.8. The van der Waals surface area contributed by atoms with Gasteiger partial charge in [-0.05, 0) is 49.2 Å². The highest BCUT2D eigenvalue weighted by molar-refractivity contribution is 7.88. The molecular weight excluding hydrogens is 562 g/mol. The van der Waals surface area contributed by atoms with Crippen LogP contribution in [0.2, 0.25) is 5.15 Å². The zero-order valence-corrected chi connectivity index (χ0v) is 25.5. The van der Waals surface area contributed by atoms with Crippen molar-refractivity contribution in [1.29, 1.82) is 0 Å². The number of rotatable bonds is 11. The van der Waals surface area contributed by atoms with Crippen LogP contribution >= 0.6 is 11.6 Å². The van der Waals surface area contributed by atoms with Gasteiger partial charge in [-0.1, -0.05) is 31.5 Å². The zero-order chi connectivity index (χ0) is 29.3. The first-order chi connectivity index (χ1) is 19.5. The van der Waals surface area contributed by atoms with E-state index < -0.39 is 10.0 Å². The first kappa shape index (κ1) is 29.2. The summed E-state index contributed by atoms with van der Waals surface area (Å²) in [7, 11) is 0.836. The molecule has 3 aromatic heterocycles. The molecule has 0 radical (unpaired) electrons. The lowest BCUT2D eigenvalue weighted by atomic mass is 9.93. The Morgan fingerprint density at radius 1 is 1.12 bits per heavy atom. The average Bonchev–Trinajstić information content (AvgIpc) is 3.26. The standard InChI is InChI=1S/C28H36ClN9O2S/c1-18(2)20-6-7-24(37-15-19(16-37)13-32-41(5,39)40)22-14-31-26(12-21(20)22)33-25-8-9-30-28(34-25)23-17-38(35-27(23)29)11-10-36(3)4/h6-9,12,14,17-19,32H,10-11,13,15-16H2,1-5H3,(H,30,31,33,34). The van der Waals surface area contributed by atoms with Gasteiger partial charge in [0.15, 0.2) is 11.0 Å². The summed E-state index contributed by atoms with van der Waals surface area (Å²) in [5.41, 5.74) is 3.00. The summed E-state index contributed by atoms with van der Waals surface area (Å²) < 4.78 is 27.3. The molecule has 1 aromatic carbocycles. The number of anilines is 3. The summed E-state index contributed by atoms with van der Waals surface area (Å²) in [6.07, 6.45) is 6.65. The van der Waals surface area contributed by atoms with Crippen molar-refractivity contribution < 1.29 is 8.42 Å². The van der Waals surface area contributed by atoms with Crippen molar-refractivity contribution in [3.8, 4) is 11.4 Å². The third-order valence-electron chi connectivity index (χ3n) is 7.11. The van der Waals surface area contributed by atoms with Crippen molar-refractivity contribution in [2.45, 2.75) is 26.3 Å². The number of sulfonamides is 1. The van der Waals surface area contributed by atoms with E-state index in [0.29, 0.717) is 47.2 Å². The Morgan fingerprint density at radius 3 is 2.61 bits per heavy atom. The van der Waals surface area contributed by atoms with E-state index in [2.05, 4.69) is 67.0 Å². The maximum Gasteiger partial charge on any atom is 0.208 e. The number of pyridine rings is 1. The van der Waals surface area contributed by atoms with Crippen LogP contribution < -0.4 is 14.9 Å². The van der Waals surface area contributed by atoms with E-state index in [4.69, 9.17) is 16.6 Å². The molecule has 2 N–H and O–H groups in total. The van der Waals surface area contributed by atoms with E-state index in [1.165, 1.54) is 11.8 Å². The summed E-state index contributed by atoms with van der Waals surface area (Å²) in [4.78, 5) is 18.2. The number of hydrogen-bond acceptors (Lipinski definition) is 9. The van der Waals surface area contributed by atoms with Crippen molar-refractivity contribution >= 4 is 49.7 Å². The molecule has 0 saturated carbocycles. The molecule has 218 valence electrons. The topological polar surface area (TPSA) is 121 Å². The Morgan fingerprint density at radius 2 is 1.90 bits per heavy atom. The highest BCUT2D eigenvalue weighted by Gasteiger charge is 2.29. The Hall–Kier alpha value is -3.32. The summed E-state index contributed by atoms with van der Waals surface area (Å²) in [5.74, 6) is 2.36. The van der Waals surface area contributed by atoms with E-state index in [1.54, 1.807) is 16.9 Å². The lowest BCUT2D eigenvalue weighted by molar-refractivity contribution is 0.373. The van der Waals surface area contributed by atoms with Gasteiger partial charge in [-0.15, -0.1) is 0 Å². The minimum absolute atomic E-state index is 0.277. The molecular formula is C28H36ClN9O2S. The SMILES string of the molecule is CC(C)c1ccc(N2CC(CNS(C)(=O)=O)C2)c2cnc(Nc3ccnc(-c4cn(CCN(C)C)nc4Cl)n3)cc12.